The van der Waals surface area contributed by atoms with Gasteiger partial charge in [0.1, 0.15) is 0 Å². The van der Waals surface area contributed by atoms with Crippen molar-refractivity contribution < 1.29 is 0 Å². The van der Waals surface area contributed by atoms with Crippen LogP contribution in [0.1, 0.15) is 11.1 Å². The molecular formula is C51H35N. The highest BCUT2D eigenvalue weighted by molar-refractivity contribution is 6.13. The summed E-state index contributed by atoms with van der Waals surface area (Å²) >= 11 is 0. The molecule has 0 bridgehead atoms. The van der Waals surface area contributed by atoms with Gasteiger partial charge in [-0.2, -0.15) is 0 Å². The Morgan fingerprint density at radius 1 is 0.308 bits per heavy atom. The van der Waals surface area contributed by atoms with E-state index in [4.69, 9.17) is 0 Å². The van der Waals surface area contributed by atoms with Crippen molar-refractivity contribution in [3.8, 4) is 44.5 Å². The van der Waals surface area contributed by atoms with Gasteiger partial charge in [-0.1, -0.05) is 158 Å². The number of anilines is 3. The number of rotatable bonds is 6. The standard InChI is InChI=1S/C51H35N/c1-2-11-35(12-3-1)36-21-27-41(28-22-36)52(42-29-23-37(24-30-42)44-19-10-20-48-46-16-7-5-14-40(46)34-51(44)48)43-31-25-38(26-32-43)50-33-39-13-4-6-15-45(39)47-17-8-9-18-49(47)50/h1-33H,34H2. The van der Waals surface area contributed by atoms with Gasteiger partial charge in [0.15, 0.2) is 0 Å². The van der Waals surface area contributed by atoms with Crippen LogP contribution < -0.4 is 4.90 Å². The molecule has 10 rings (SSSR count). The highest BCUT2D eigenvalue weighted by atomic mass is 15.1. The van der Waals surface area contributed by atoms with Crippen molar-refractivity contribution in [2.45, 2.75) is 6.42 Å². The quantitative estimate of drug-likeness (QED) is 0.160. The predicted octanol–water partition coefficient (Wildman–Crippen LogP) is 14.0. The van der Waals surface area contributed by atoms with Gasteiger partial charge >= 0.3 is 0 Å². The summed E-state index contributed by atoms with van der Waals surface area (Å²) in [7, 11) is 0. The summed E-state index contributed by atoms with van der Waals surface area (Å²) in [5.41, 5.74) is 16.3. The molecule has 52 heavy (non-hydrogen) atoms. The van der Waals surface area contributed by atoms with Gasteiger partial charge in [-0.25, -0.2) is 0 Å². The molecule has 0 radical (unpaired) electrons. The molecule has 0 spiro atoms. The second kappa shape index (κ2) is 12.6. The Hall–Kier alpha value is -6.70. The van der Waals surface area contributed by atoms with Crippen LogP contribution in [0.4, 0.5) is 17.1 Å². The van der Waals surface area contributed by atoms with Crippen molar-refractivity contribution in [3.63, 3.8) is 0 Å². The molecule has 1 aliphatic carbocycles. The van der Waals surface area contributed by atoms with E-state index in [1.807, 2.05) is 0 Å². The van der Waals surface area contributed by atoms with Gasteiger partial charge in [0, 0.05) is 17.1 Å². The third-order valence-electron chi connectivity index (χ3n) is 10.7. The molecule has 244 valence electrons. The lowest BCUT2D eigenvalue weighted by Gasteiger charge is -2.26. The topological polar surface area (TPSA) is 3.24 Å². The number of nitrogens with zero attached hydrogens (tertiary/aromatic N) is 1. The van der Waals surface area contributed by atoms with Gasteiger partial charge in [-0.15, -0.1) is 0 Å². The minimum Gasteiger partial charge on any atom is -0.311 e. The normalized spacial score (nSPS) is 11.8. The Labute approximate surface area is 304 Å². The maximum Gasteiger partial charge on any atom is 0.0462 e. The van der Waals surface area contributed by atoms with Gasteiger partial charge < -0.3 is 4.90 Å². The van der Waals surface area contributed by atoms with Gasteiger partial charge in [-0.3, -0.25) is 0 Å². The third kappa shape index (κ3) is 5.18. The first-order valence-corrected chi connectivity index (χ1v) is 18.1. The molecule has 0 aromatic heterocycles. The van der Waals surface area contributed by atoms with Gasteiger partial charge in [0.2, 0.25) is 0 Å². The average Bonchev–Trinajstić information content (AvgIpc) is 3.61. The van der Waals surface area contributed by atoms with E-state index < -0.39 is 0 Å². The number of hydrogen-bond acceptors (Lipinski definition) is 1. The van der Waals surface area contributed by atoms with E-state index in [2.05, 4.69) is 205 Å². The highest BCUT2D eigenvalue weighted by Gasteiger charge is 2.21. The van der Waals surface area contributed by atoms with Crippen LogP contribution in [0.25, 0.3) is 66.1 Å². The van der Waals surface area contributed by atoms with Crippen molar-refractivity contribution in [2.75, 3.05) is 4.90 Å². The van der Waals surface area contributed by atoms with E-state index in [0.717, 1.165) is 23.5 Å². The van der Waals surface area contributed by atoms with Crippen molar-refractivity contribution in [1.29, 1.82) is 0 Å². The monoisotopic (exact) mass is 661 g/mol. The molecule has 0 saturated heterocycles. The van der Waals surface area contributed by atoms with E-state index in [1.165, 1.54) is 77.2 Å². The lowest BCUT2D eigenvalue weighted by Crippen LogP contribution is -2.09. The molecule has 0 amide bonds. The molecule has 1 nitrogen and oxygen atoms in total. The van der Waals surface area contributed by atoms with E-state index >= 15 is 0 Å². The highest BCUT2D eigenvalue weighted by Crippen LogP contribution is 2.43. The van der Waals surface area contributed by atoms with Crippen LogP contribution in [-0.2, 0) is 6.42 Å². The lowest BCUT2D eigenvalue weighted by molar-refractivity contribution is 1.26. The maximum atomic E-state index is 2.37. The number of fused-ring (bicyclic) bond motifs is 6. The lowest BCUT2D eigenvalue weighted by atomic mass is 9.93. The van der Waals surface area contributed by atoms with Crippen molar-refractivity contribution in [2.24, 2.45) is 0 Å². The van der Waals surface area contributed by atoms with Crippen LogP contribution in [0.3, 0.4) is 0 Å². The minimum absolute atomic E-state index is 0.974. The Balaban J connectivity index is 1.05. The minimum atomic E-state index is 0.974. The zero-order valence-corrected chi connectivity index (χ0v) is 28.7. The molecule has 0 N–H and O–H groups in total. The smallest absolute Gasteiger partial charge is 0.0462 e. The van der Waals surface area contributed by atoms with Gasteiger partial charge in [0.05, 0.1) is 0 Å². The molecule has 0 aliphatic heterocycles. The van der Waals surface area contributed by atoms with Gasteiger partial charge in [-0.05, 0) is 126 Å². The fourth-order valence-corrected chi connectivity index (χ4v) is 8.18. The molecule has 0 atom stereocenters. The Morgan fingerprint density at radius 3 is 1.52 bits per heavy atom. The van der Waals surface area contributed by atoms with E-state index in [-0.39, 0.29) is 0 Å². The Bertz CT molecular complexity index is 2720. The second-order valence-corrected chi connectivity index (χ2v) is 13.7. The summed E-state index contributed by atoms with van der Waals surface area (Å²) in [4.78, 5) is 2.37. The molecule has 0 heterocycles. The van der Waals surface area contributed by atoms with E-state index in [1.54, 1.807) is 0 Å². The van der Waals surface area contributed by atoms with Crippen LogP contribution in [-0.4, -0.2) is 0 Å². The molecule has 0 fully saturated rings. The van der Waals surface area contributed by atoms with Crippen LogP contribution in [0, 0.1) is 0 Å². The molecular weight excluding hydrogens is 627 g/mol. The summed E-state index contributed by atoms with van der Waals surface area (Å²) in [5, 5.41) is 5.10. The molecule has 9 aromatic carbocycles. The molecule has 0 saturated carbocycles. The maximum absolute atomic E-state index is 2.37. The molecule has 0 unspecified atom stereocenters. The largest absolute Gasteiger partial charge is 0.311 e. The zero-order chi connectivity index (χ0) is 34.4. The average molecular weight is 662 g/mol. The van der Waals surface area contributed by atoms with Crippen molar-refractivity contribution in [1.82, 2.24) is 0 Å². The number of benzene rings is 9. The molecule has 1 heteroatoms. The van der Waals surface area contributed by atoms with Gasteiger partial charge in [0.25, 0.3) is 0 Å². The summed E-state index contributed by atoms with van der Waals surface area (Å²) in [5.74, 6) is 0. The van der Waals surface area contributed by atoms with Crippen LogP contribution in [0.15, 0.2) is 200 Å². The first-order chi connectivity index (χ1) is 25.8. The summed E-state index contributed by atoms with van der Waals surface area (Å²) in [6, 6.07) is 73.1. The fourth-order valence-electron chi connectivity index (χ4n) is 8.18. The second-order valence-electron chi connectivity index (χ2n) is 13.7. The van der Waals surface area contributed by atoms with Crippen molar-refractivity contribution >= 4 is 38.6 Å². The molecule has 9 aromatic rings. The Kier molecular flexibility index (Phi) is 7.29. The first-order valence-electron chi connectivity index (χ1n) is 18.1. The van der Waals surface area contributed by atoms with Crippen molar-refractivity contribution in [3.05, 3.63) is 211 Å². The Morgan fingerprint density at radius 2 is 0.808 bits per heavy atom. The molecule has 1 aliphatic rings. The van der Waals surface area contributed by atoms with Crippen LogP contribution in [0.5, 0.6) is 0 Å². The SMILES string of the molecule is c1ccc(-c2ccc(N(c3ccc(-c4cccc5c4Cc4ccccc4-5)cc3)c3ccc(-c4cc5ccccc5c5ccccc45)cc3)cc2)cc1. The van der Waals surface area contributed by atoms with E-state index in [9.17, 15) is 0 Å². The summed E-state index contributed by atoms with van der Waals surface area (Å²) in [6.45, 7) is 0. The summed E-state index contributed by atoms with van der Waals surface area (Å²) in [6.07, 6.45) is 0.974. The third-order valence-corrected chi connectivity index (χ3v) is 10.7. The predicted molar refractivity (Wildman–Crippen MR) is 221 cm³/mol. The zero-order valence-electron chi connectivity index (χ0n) is 28.7. The van der Waals surface area contributed by atoms with Crippen LogP contribution >= 0.6 is 0 Å². The van der Waals surface area contributed by atoms with Crippen LogP contribution in [0.2, 0.25) is 0 Å². The fraction of sp³-hybridized carbons (Fsp3) is 0.0196. The first kappa shape index (κ1) is 30.2. The number of hydrogen-bond donors (Lipinski definition) is 0. The van der Waals surface area contributed by atoms with E-state index in [0.29, 0.717) is 0 Å². The summed E-state index contributed by atoms with van der Waals surface area (Å²) < 4.78 is 0.